The van der Waals surface area contributed by atoms with Crippen molar-refractivity contribution in [2.75, 3.05) is 6.54 Å². The van der Waals surface area contributed by atoms with Crippen LogP contribution in [-0.2, 0) is 13.0 Å². The number of hydrogen-bond acceptors (Lipinski definition) is 6. The molecule has 1 aliphatic heterocycles. The molecule has 0 spiro atoms. The average molecular weight is 373 g/mol. The monoisotopic (exact) mass is 373 g/mol. The van der Waals surface area contributed by atoms with Gasteiger partial charge in [-0.1, -0.05) is 6.07 Å². The van der Waals surface area contributed by atoms with Crippen molar-refractivity contribution in [2.45, 2.75) is 25.9 Å². The van der Waals surface area contributed by atoms with Gasteiger partial charge in [0.2, 0.25) is 0 Å². The minimum absolute atomic E-state index is 0.335. The van der Waals surface area contributed by atoms with Crippen molar-refractivity contribution in [2.24, 2.45) is 0 Å². The van der Waals surface area contributed by atoms with Gasteiger partial charge in [-0.2, -0.15) is 0 Å². The normalized spacial score (nSPS) is 15.6. The lowest BCUT2D eigenvalue weighted by Gasteiger charge is -2.33. The van der Waals surface area contributed by atoms with Gasteiger partial charge in [-0.3, -0.25) is 9.88 Å². The zero-order valence-corrected chi connectivity index (χ0v) is 15.9. The minimum atomic E-state index is 0.335. The zero-order chi connectivity index (χ0) is 18.2. The van der Waals surface area contributed by atoms with E-state index in [1.807, 2.05) is 30.0 Å². The summed E-state index contributed by atoms with van der Waals surface area (Å²) in [5.41, 5.74) is 7.65. The van der Waals surface area contributed by atoms with E-state index in [4.69, 9.17) is 4.98 Å². The summed E-state index contributed by atoms with van der Waals surface area (Å²) in [6.07, 6.45) is 6.50. The van der Waals surface area contributed by atoms with Crippen molar-refractivity contribution >= 4 is 21.6 Å². The summed E-state index contributed by atoms with van der Waals surface area (Å²) in [4.78, 5) is 20.5. The average Bonchev–Trinajstić information content (AvgIpc) is 3.21. The van der Waals surface area contributed by atoms with Gasteiger partial charge in [0.15, 0.2) is 5.82 Å². The minimum Gasteiger partial charge on any atom is -0.292 e. The Morgan fingerprint density at radius 1 is 1.15 bits per heavy atom. The molecule has 0 saturated heterocycles. The summed E-state index contributed by atoms with van der Waals surface area (Å²) in [6, 6.07) is 10.9. The quantitative estimate of drug-likeness (QED) is 0.537. The number of thiazole rings is 1. The first-order valence-electron chi connectivity index (χ1n) is 9.10. The molecule has 1 aliphatic rings. The highest BCUT2D eigenvalue weighted by atomic mass is 32.1. The highest BCUT2D eigenvalue weighted by Crippen LogP contribution is 2.30. The van der Waals surface area contributed by atoms with Gasteiger partial charge in [-0.05, 0) is 36.8 Å². The Bertz CT molecular complexity index is 1090. The maximum absolute atomic E-state index is 4.80. The molecule has 1 atom stereocenters. The summed E-state index contributed by atoms with van der Waals surface area (Å²) < 4.78 is 1.24. The van der Waals surface area contributed by atoms with E-state index in [0.29, 0.717) is 6.04 Å². The van der Waals surface area contributed by atoms with Gasteiger partial charge >= 0.3 is 0 Å². The van der Waals surface area contributed by atoms with E-state index in [-0.39, 0.29) is 0 Å². The number of fused-ring (bicyclic) bond motifs is 2. The van der Waals surface area contributed by atoms with Crippen LogP contribution in [0.2, 0.25) is 0 Å². The molecule has 1 aromatic carbocycles. The zero-order valence-electron chi connectivity index (χ0n) is 15.0. The van der Waals surface area contributed by atoms with Gasteiger partial charge in [0.25, 0.3) is 0 Å². The molecule has 5 nitrogen and oxygen atoms in total. The van der Waals surface area contributed by atoms with E-state index in [0.717, 1.165) is 42.1 Å². The van der Waals surface area contributed by atoms with Crippen molar-refractivity contribution in [1.82, 2.24) is 24.8 Å². The SMILES string of the molecule is CC(c1ccc2scnc2c1)N1CCc2nc(-c3cccnc3)ncc2C1. The fraction of sp³-hybridized carbons (Fsp3) is 0.238. The highest BCUT2D eigenvalue weighted by molar-refractivity contribution is 7.16. The molecular weight excluding hydrogens is 354 g/mol. The molecule has 0 bridgehead atoms. The van der Waals surface area contributed by atoms with Crippen LogP contribution in [0.15, 0.2) is 54.4 Å². The van der Waals surface area contributed by atoms with Crippen LogP contribution in [0, 0.1) is 0 Å². The molecule has 0 saturated carbocycles. The molecular formula is C21H19N5S. The molecule has 0 aliphatic carbocycles. The van der Waals surface area contributed by atoms with Crippen molar-refractivity contribution in [3.63, 3.8) is 0 Å². The van der Waals surface area contributed by atoms with E-state index in [1.54, 1.807) is 17.5 Å². The molecule has 27 heavy (non-hydrogen) atoms. The van der Waals surface area contributed by atoms with E-state index in [1.165, 1.54) is 15.8 Å². The van der Waals surface area contributed by atoms with Crippen LogP contribution in [0.3, 0.4) is 0 Å². The fourth-order valence-corrected chi connectivity index (χ4v) is 4.31. The maximum atomic E-state index is 4.80. The molecule has 1 unspecified atom stereocenters. The van der Waals surface area contributed by atoms with E-state index >= 15 is 0 Å². The topological polar surface area (TPSA) is 54.8 Å². The first kappa shape index (κ1) is 16.5. The Morgan fingerprint density at radius 3 is 3.00 bits per heavy atom. The molecule has 134 valence electrons. The number of pyridine rings is 1. The fourth-order valence-electron chi connectivity index (χ4n) is 3.65. The Kier molecular flexibility index (Phi) is 4.14. The van der Waals surface area contributed by atoms with Gasteiger partial charge < -0.3 is 0 Å². The van der Waals surface area contributed by atoms with Crippen LogP contribution in [0.25, 0.3) is 21.6 Å². The summed E-state index contributed by atoms with van der Waals surface area (Å²) in [5, 5.41) is 0. The third-order valence-electron chi connectivity index (χ3n) is 5.27. The van der Waals surface area contributed by atoms with Crippen molar-refractivity contribution in [3.05, 3.63) is 71.3 Å². The number of aromatic nitrogens is 4. The summed E-state index contributed by atoms with van der Waals surface area (Å²) >= 11 is 1.69. The second-order valence-electron chi connectivity index (χ2n) is 6.88. The number of hydrogen-bond donors (Lipinski definition) is 0. The van der Waals surface area contributed by atoms with E-state index < -0.39 is 0 Å². The van der Waals surface area contributed by atoms with Crippen molar-refractivity contribution < 1.29 is 0 Å². The standard InChI is InChI=1S/C21H19N5S/c1-14(15-4-5-20-19(9-15)24-13-27-20)26-8-6-18-17(12-26)11-23-21(25-18)16-3-2-7-22-10-16/h2-5,7,9-11,13-14H,6,8,12H2,1H3. The van der Waals surface area contributed by atoms with Crippen LogP contribution >= 0.6 is 11.3 Å². The first-order valence-corrected chi connectivity index (χ1v) is 9.98. The van der Waals surface area contributed by atoms with Gasteiger partial charge in [0, 0.05) is 55.3 Å². The molecule has 6 heteroatoms. The van der Waals surface area contributed by atoms with Crippen LogP contribution in [-0.4, -0.2) is 31.4 Å². The Hall–Kier alpha value is -2.70. The number of benzene rings is 1. The van der Waals surface area contributed by atoms with Crippen LogP contribution < -0.4 is 0 Å². The Morgan fingerprint density at radius 2 is 2.11 bits per heavy atom. The Balaban J connectivity index is 1.39. The lowest BCUT2D eigenvalue weighted by molar-refractivity contribution is 0.190. The van der Waals surface area contributed by atoms with Gasteiger partial charge in [0.05, 0.1) is 21.4 Å². The Labute approximate surface area is 161 Å². The lowest BCUT2D eigenvalue weighted by atomic mass is 10.0. The first-order chi connectivity index (χ1) is 13.3. The largest absolute Gasteiger partial charge is 0.292 e. The molecule has 0 fully saturated rings. The molecule has 4 heterocycles. The van der Waals surface area contributed by atoms with Gasteiger partial charge in [0.1, 0.15) is 0 Å². The van der Waals surface area contributed by atoms with Crippen molar-refractivity contribution in [3.8, 4) is 11.4 Å². The number of rotatable bonds is 3. The van der Waals surface area contributed by atoms with E-state index in [9.17, 15) is 0 Å². The molecule has 4 aromatic rings. The summed E-state index contributed by atoms with van der Waals surface area (Å²) in [7, 11) is 0. The maximum Gasteiger partial charge on any atom is 0.160 e. The highest BCUT2D eigenvalue weighted by Gasteiger charge is 2.23. The molecule has 5 rings (SSSR count). The third-order valence-corrected chi connectivity index (χ3v) is 6.08. The summed E-state index contributed by atoms with van der Waals surface area (Å²) in [6.45, 7) is 4.13. The van der Waals surface area contributed by atoms with Crippen LogP contribution in [0.5, 0.6) is 0 Å². The summed E-state index contributed by atoms with van der Waals surface area (Å²) in [5.74, 6) is 0.761. The smallest absolute Gasteiger partial charge is 0.160 e. The van der Waals surface area contributed by atoms with Gasteiger partial charge in [-0.25, -0.2) is 15.0 Å². The lowest BCUT2D eigenvalue weighted by Crippen LogP contribution is -2.33. The predicted molar refractivity (Wildman–Crippen MR) is 107 cm³/mol. The number of nitrogens with zero attached hydrogens (tertiary/aromatic N) is 5. The molecule has 3 aromatic heterocycles. The third kappa shape index (κ3) is 3.11. The molecule has 0 amide bonds. The van der Waals surface area contributed by atoms with Crippen LogP contribution in [0.4, 0.5) is 0 Å². The molecule has 0 N–H and O–H groups in total. The van der Waals surface area contributed by atoms with Crippen LogP contribution in [0.1, 0.15) is 29.8 Å². The molecule has 0 radical (unpaired) electrons. The predicted octanol–water partition coefficient (Wildman–Crippen LogP) is 4.27. The van der Waals surface area contributed by atoms with Crippen molar-refractivity contribution in [1.29, 1.82) is 0 Å². The van der Waals surface area contributed by atoms with Gasteiger partial charge in [-0.15, -0.1) is 11.3 Å². The second-order valence-corrected chi connectivity index (χ2v) is 7.77. The van der Waals surface area contributed by atoms with E-state index in [2.05, 4.69) is 45.0 Å². The second kappa shape index (κ2) is 6.79.